The molecule has 0 amide bonds. The summed E-state index contributed by atoms with van der Waals surface area (Å²) >= 11 is 3.46. The molecule has 78 valence electrons. The van der Waals surface area contributed by atoms with Crippen molar-refractivity contribution in [2.24, 2.45) is 0 Å². The standard InChI is InChI=1S/C12H18BrN/c1-8(2)10-5-11(7-13)14-12(6-10)9(3)4/h5-6,8-9H,7H2,1-4H3. The number of rotatable bonds is 3. The fourth-order valence-electron chi connectivity index (χ4n) is 1.33. The molecule has 1 aromatic rings. The molecule has 0 atom stereocenters. The van der Waals surface area contributed by atoms with Gasteiger partial charge in [0, 0.05) is 11.0 Å². The van der Waals surface area contributed by atoms with Crippen LogP contribution in [0.25, 0.3) is 0 Å². The first-order valence-electron chi connectivity index (χ1n) is 5.11. The molecule has 1 heterocycles. The van der Waals surface area contributed by atoms with Gasteiger partial charge < -0.3 is 0 Å². The van der Waals surface area contributed by atoms with Gasteiger partial charge in [-0.25, -0.2) is 0 Å². The molecule has 0 saturated carbocycles. The van der Waals surface area contributed by atoms with Gasteiger partial charge in [-0.05, 0) is 29.5 Å². The quantitative estimate of drug-likeness (QED) is 0.738. The second kappa shape index (κ2) is 4.92. The Morgan fingerprint density at radius 1 is 1.14 bits per heavy atom. The highest BCUT2D eigenvalue weighted by atomic mass is 79.9. The van der Waals surface area contributed by atoms with Crippen LogP contribution in [0, 0.1) is 0 Å². The van der Waals surface area contributed by atoms with Crippen LogP contribution in [0.2, 0.25) is 0 Å². The number of hydrogen-bond donors (Lipinski definition) is 0. The molecule has 1 aromatic heterocycles. The fraction of sp³-hybridized carbons (Fsp3) is 0.583. The van der Waals surface area contributed by atoms with Crippen molar-refractivity contribution < 1.29 is 0 Å². The van der Waals surface area contributed by atoms with Crippen molar-refractivity contribution in [1.82, 2.24) is 4.98 Å². The van der Waals surface area contributed by atoms with Crippen LogP contribution in [-0.4, -0.2) is 4.98 Å². The fourth-order valence-corrected chi connectivity index (χ4v) is 1.62. The third-order valence-electron chi connectivity index (χ3n) is 2.32. The van der Waals surface area contributed by atoms with Gasteiger partial charge in [-0.2, -0.15) is 0 Å². The van der Waals surface area contributed by atoms with Crippen LogP contribution >= 0.6 is 15.9 Å². The van der Waals surface area contributed by atoms with Crippen molar-refractivity contribution in [2.45, 2.75) is 44.9 Å². The normalized spacial score (nSPS) is 11.4. The van der Waals surface area contributed by atoms with Gasteiger partial charge in [-0.15, -0.1) is 0 Å². The average Bonchev–Trinajstić information content (AvgIpc) is 2.16. The van der Waals surface area contributed by atoms with E-state index >= 15 is 0 Å². The van der Waals surface area contributed by atoms with Gasteiger partial charge in [0.15, 0.2) is 0 Å². The maximum Gasteiger partial charge on any atom is 0.0515 e. The minimum Gasteiger partial charge on any atom is -0.257 e. The summed E-state index contributed by atoms with van der Waals surface area (Å²) in [4.78, 5) is 4.59. The van der Waals surface area contributed by atoms with E-state index in [0.29, 0.717) is 11.8 Å². The third kappa shape index (κ3) is 2.81. The van der Waals surface area contributed by atoms with Crippen LogP contribution in [0.1, 0.15) is 56.5 Å². The van der Waals surface area contributed by atoms with Gasteiger partial charge in [0.1, 0.15) is 0 Å². The molecule has 0 radical (unpaired) electrons. The second-order valence-electron chi connectivity index (χ2n) is 4.26. The average molecular weight is 256 g/mol. The van der Waals surface area contributed by atoms with Crippen LogP contribution < -0.4 is 0 Å². The van der Waals surface area contributed by atoms with Crippen molar-refractivity contribution >= 4 is 15.9 Å². The molecule has 0 aromatic carbocycles. The van der Waals surface area contributed by atoms with Gasteiger partial charge >= 0.3 is 0 Å². The molecule has 0 saturated heterocycles. The molecule has 0 bridgehead atoms. The maximum atomic E-state index is 4.59. The van der Waals surface area contributed by atoms with Gasteiger partial charge in [-0.3, -0.25) is 4.98 Å². The predicted molar refractivity (Wildman–Crippen MR) is 65.0 cm³/mol. The van der Waals surface area contributed by atoms with Crippen molar-refractivity contribution in [3.05, 3.63) is 29.1 Å². The van der Waals surface area contributed by atoms with E-state index in [1.54, 1.807) is 0 Å². The number of pyridine rings is 1. The van der Waals surface area contributed by atoms with Crippen molar-refractivity contribution in [3.63, 3.8) is 0 Å². The minimum atomic E-state index is 0.506. The molecule has 0 spiro atoms. The lowest BCUT2D eigenvalue weighted by atomic mass is 9.99. The summed E-state index contributed by atoms with van der Waals surface area (Å²) in [5.74, 6) is 1.08. The molecule has 1 nitrogen and oxygen atoms in total. The van der Waals surface area contributed by atoms with Crippen LogP contribution in [-0.2, 0) is 5.33 Å². The lowest BCUT2D eigenvalue weighted by molar-refractivity contribution is 0.790. The van der Waals surface area contributed by atoms with Gasteiger partial charge in [-0.1, -0.05) is 43.6 Å². The lowest BCUT2D eigenvalue weighted by Gasteiger charge is -2.12. The summed E-state index contributed by atoms with van der Waals surface area (Å²) in [7, 11) is 0. The van der Waals surface area contributed by atoms with Crippen molar-refractivity contribution in [2.75, 3.05) is 0 Å². The zero-order valence-corrected chi connectivity index (χ0v) is 10.9. The van der Waals surface area contributed by atoms with Crippen molar-refractivity contribution in [1.29, 1.82) is 0 Å². The summed E-state index contributed by atoms with van der Waals surface area (Å²) in [5.41, 5.74) is 3.73. The minimum absolute atomic E-state index is 0.506. The summed E-state index contributed by atoms with van der Waals surface area (Å²) in [6.07, 6.45) is 0. The Morgan fingerprint density at radius 3 is 2.21 bits per heavy atom. The van der Waals surface area contributed by atoms with Crippen LogP contribution in [0.5, 0.6) is 0 Å². The number of nitrogens with zero attached hydrogens (tertiary/aromatic N) is 1. The molecule has 14 heavy (non-hydrogen) atoms. The van der Waals surface area contributed by atoms with Gasteiger partial charge in [0.05, 0.1) is 5.69 Å². The Morgan fingerprint density at radius 2 is 1.79 bits per heavy atom. The highest BCUT2D eigenvalue weighted by Gasteiger charge is 2.07. The molecule has 0 aliphatic heterocycles. The largest absolute Gasteiger partial charge is 0.257 e. The predicted octanol–water partition coefficient (Wildman–Crippen LogP) is 4.22. The Balaban J connectivity index is 3.13. The van der Waals surface area contributed by atoms with Crippen LogP contribution in [0.15, 0.2) is 12.1 Å². The molecule has 2 heteroatoms. The first-order valence-corrected chi connectivity index (χ1v) is 6.23. The zero-order valence-electron chi connectivity index (χ0n) is 9.34. The zero-order chi connectivity index (χ0) is 10.7. The summed E-state index contributed by atoms with van der Waals surface area (Å²) in [6.45, 7) is 8.81. The van der Waals surface area contributed by atoms with E-state index in [9.17, 15) is 0 Å². The molecular formula is C12H18BrN. The van der Waals surface area contributed by atoms with E-state index < -0.39 is 0 Å². The molecule has 0 aliphatic carbocycles. The highest BCUT2D eigenvalue weighted by Crippen LogP contribution is 2.21. The topological polar surface area (TPSA) is 12.9 Å². The van der Waals surface area contributed by atoms with E-state index in [4.69, 9.17) is 0 Å². The number of halogens is 1. The Hall–Kier alpha value is -0.370. The Bertz CT molecular complexity index is 279. The number of hydrogen-bond acceptors (Lipinski definition) is 1. The first kappa shape index (κ1) is 11.7. The molecule has 0 N–H and O–H groups in total. The highest BCUT2D eigenvalue weighted by molar-refractivity contribution is 9.08. The van der Waals surface area contributed by atoms with Crippen LogP contribution in [0.3, 0.4) is 0 Å². The maximum absolute atomic E-state index is 4.59. The lowest BCUT2D eigenvalue weighted by Crippen LogP contribution is -2.00. The van der Waals surface area contributed by atoms with E-state index in [1.165, 1.54) is 11.3 Å². The molecule has 0 fully saturated rings. The first-order chi connectivity index (χ1) is 6.54. The second-order valence-corrected chi connectivity index (χ2v) is 4.82. The van der Waals surface area contributed by atoms with E-state index in [1.807, 2.05) is 0 Å². The van der Waals surface area contributed by atoms with E-state index in [2.05, 4.69) is 60.7 Å². The molecule has 1 rings (SSSR count). The van der Waals surface area contributed by atoms with Crippen molar-refractivity contribution in [3.8, 4) is 0 Å². The SMILES string of the molecule is CC(C)c1cc(CBr)nc(C(C)C)c1. The summed E-state index contributed by atoms with van der Waals surface area (Å²) in [6, 6.07) is 4.41. The van der Waals surface area contributed by atoms with E-state index in [0.717, 1.165) is 11.0 Å². The third-order valence-corrected chi connectivity index (χ3v) is 2.89. The van der Waals surface area contributed by atoms with Crippen LogP contribution in [0.4, 0.5) is 0 Å². The Kier molecular flexibility index (Phi) is 4.11. The monoisotopic (exact) mass is 255 g/mol. The van der Waals surface area contributed by atoms with E-state index in [-0.39, 0.29) is 0 Å². The summed E-state index contributed by atoms with van der Waals surface area (Å²) < 4.78 is 0. The Labute approximate surface area is 95.1 Å². The molecular weight excluding hydrogens is 238 g/mol. The van der Waals surface area contributed by atoms with Gasteiger partial charge in [0.2, 0.25) is 0 Å². The summed E-state index contributed by atoms with van der Waals surface area (Å²) in [5, 5.41) is 0.841. The molecule has 0 unspecified atom stereocenters. The number of aromatic nitrogens is 1. The number of alkyl halides is 1. The van der Waals surface area contributed by atoms with Gasteiger partial charge in [0.25, 0.3) is 0 Å². The molecule has 0 aliphatic rings. The smallest absolute Gasteiger partial charge is 0.0515 e.